The van der Waals surface area contributed by atoms with Crippen molar-refractivity contribution < 1.29 is 4.79 Å². The van der Waals surface area contributed by atoms with Crippen LogP contribution in [0.5, 0.6) is 0 Å². The van der Waals surface area contributed by atoms with Gasteiger partial charge in [-0.2, -0.15) is 5.10 Å². The van der Waals surface area contributed by atoms with Gasteiger partial charge in [-0.1, -0.05) is 24.1 Å². The van der Waals surface area contributed by atoms with Crippen molar-refractivity contribution in [3.63, 3.8) is 0 Å². The van der Waals surface area contributed by atoms with Crippen molar-refractivity contribution in [1.82, 2.24) is 24.4 Å². The quantitative estimate of drug-likeness (QED) is 0.494. The highest BCUT2D eigenvalue weighted by Crippen LogP contribution is 2.32. The first-order valence-electron chi connectivity index (χ1n) is 8.55. The molecule has 6 nitrogen and oxygen atoms in total. The van der Waals surface area contributed by atoms with Crippen molar-refractivity contribution in [2.24, 2.45) is 0 Å². The number of fused-ring (bicyclic) bond motifs is 2. The van der Waals surface area contributed by atoms with E-state index < -0.39 is 0 Å². The average Bonchev–Trinajstić information content (AvgIpc) is 3.11. The van der Waals surface area contributed by atoms with Gasteiger partial charge in [0.15, 0.2) is 11.3 Å². The maximum atomic E-state index is 12.6. The first kappa shape index (κ1) is 16.3. The summed E-state index contributed by atoms with van der Waals surface area (Å²) < 4.78 is 1.55. The van der Waals surface area contributed by atoms with Crippen molar-refractivity contribution in [1.29, 1.82) is 0 Å². The molecule has 0 N–H and O–H groups in total. The molecule has 3 aliphatic rings. The number of piperazine rings is 1. The summed E-state index contributed by atoms with van der Waals surface area (Å²) in [6.45, 7) is 3.12. The second-order valence-electron chi connectivity index (χ2n) is 6.43. The van der Waals surface area contributed by atoms with Gasteiger partial charge >= 0.3 is 0 Å². The van der Waals surface area contributed by atoms with Crippen LogP contribution >= 0.6 is 0 Å². The van der Waals surface area contributed by atoms with E-state index in [1.54, 1.807) is 27.9 Å². The topological polar surface area (TPSA) is 53.7 Å². The molecule has 0 bridgehead atoms. The van der Waals surface area contributed by atoms with Crippen molar-refractivity contribution in [3.8, 4) is 23.5 Å². The Morgan fingerprint density at radius 2 is 1.88 bits per heavy atom. The Bertz CT molecular complexity index is 991. The fourth-order valence-corrected chi connectivity index (χ4v) is 3.00. The van der Waals surface area contributed by atoms with Gasteiger partial charge in [-0.05, 0) is 30.3 Å². The van der Waals surface area contributed by atoms with Crippen LogP contribution in [0.3, 0.4) is 0 Å². The zero-order valence-electron chi connectivity index (χ0n) is 14.6. The molecule has 0 radical (unpaired) electrons. The van der Waals surface area contributed by atoms with Gasteiger partial charge in [-0.3, -0.25) is 4.79 Å². The number of carbonyl (C=O) groups excluding carboxylic acids is 1. The van der Waals surface area contributed by atoms with Crippen LogP contribution in [0, 0.1) is 12.3 Å². The number of carbonyl (C=O) groups is 1. The number of likely N-dealkylation sites (N-methyl/N-ethyl adjacent to an activating group) is 1. The van der Waals surface area contributed by atoms with Gasteiger partial charge in [0.1, 0.15) is 5.56 Å². The Morgan fingerprint density at radius 3 is 2.46 bits per heavy atom. The zero-order chi connectivity index (χ0) is 18.1. The third-order valence-electron chi connectivity index (χ3n) is 4.65. The lowest BCUT2D eigenvalue weighted by Crippen LogP contribution is -2.47. The van der Waals surface area contributed by atoms with Crippen LogP contribution in [-0.4, -0.2) is 63.5 Å². The molecule has 3 heterocycles. The first-order chi connectivity index (χ1) is 12.7. The van der Waals surface area contributed by atoms with E-state index in [1.807, 2.05) is 7.05 Å². The average molecular weight is 345 g/mol. The SMILES string of the molecule is C#Cc1c(C(=O)N2CCN(C)CC2)nn2cccnc12.c1cc2cc-2c1. The Balaban J connectivity index is 0.000000233. The predicted octanol–water partition coefficient (Wildman–Crippen LogP) is 1.77. The maximum absolute atomic E-state index is 12.6. The molecular weight excluding hydrogens is 326 g/mol. The molecule has 0 aromatic carbocycles. The van der Waals surface area contributed by atoms with E-state index in [0.29, 0.717) is 30.0 Å². The summed E-state index contributed by atoms with van der Waals surface area (Å²) in [5, 5.41) is 4.28. The molecular formula is C20H19N5O. The van der Waals surface area contributed by atoms with Crippen molar-refractivity contribution in [3.05, 3.63) is 54.0 Å². The monoisotopic (exact) mass is 345 g/mol. The number of aromatic nitrogens is 3. The van der Waals surface area contributed by atoms with E-state index in [4.69, 9.17) is 6.42 Å². The zero-order valence-corrected chi connectivity index (χ0v) is 14.6. The lowest BCUT2D eigenvalue weighted by molar-refractivity contribution is 0.0657. The first-order valence-corrected chi connectivity index (χ1v) is 8.55. The van der Waals surface area contributed by atoms with E-state index >= 15 is 0 Å². The Kier molecular flexibility index (Phi) is 4.15. The molecule has 0 saturated carbocycles. The highest BCUT2D eigenvalue weighted by molar-refractivity contribution is 5.97. The van der Waals surface area contributed by atoms with E-state index in [9.17, 15) is 4.79 Å². The highest BCUT2D eigenvalue weighted by Gasteiger charge is 2.26. The standard InChI is InChI=1S/C14H15N5O.C6H4/c1-3-11-12(16-19-6-4-5-15-13(11)19)14(20)18-9-7-17(2)8-10-18;1-2-5-4-6(5)3-1/h1,4-6H,7-10H2,2H3;1-4H. The van der Waals surface area contributed by atoms with Crippen LogP contribution in [0.2, 0.25) is 0 Å². The summed E-state index contributed by atoms with van der Waals surface area (Å²) in [4.78, 5) is 20.7. The van der Waals surface area contributed by atoms with Gasteiger partial charge < -0.3 is 9.80 Å². The van der Waals surface area contributed by atoms with Gasteiger partial charge in [0.05, 0.1) is 0 Å². The largest absolute Gasteiger partial charge is 0.335 e. The molecule has 0 spiro atoms. The minimum Gasteiger partial charge on any atom is -0.335 e. The van der Waals surface area contributed by atoms with Gasteiger partial charge in [0.25, 0.3) is 5.91 Å². The van der Waals surface area contributed by atoms with E-state index in [0.717, 1.165) is 13.1 Å². The van der Waals surface area contributed by atoms with Crippen LogP contribution in [0.4, 0.5) is 0 Å². The molecule has 2 aliphatic carbocycles. The van der Waals surface area contributed by atoms with Crippen molar-refractivity contribution in [2.75, 3.05) is 33.2 Å². The summed E-state index contributed by atoms with van der Waals surface area (Å²) in [6, 6.07) is 10.2. The number of nitrogens with zero attached hydrogens (tertiary/aromatic N) is 5. The second-order valence-corrected chi connectivity index (χ2v) is 6.43. The molecule has 1 fully saturated rings. The van der Waals surface area contributed by atoms with Gasteiger partial charge in [-0.15, -0.1) is 6.42 Å². The smallest absolute Gasteiger partial charge is 0.275 e. The third kappa shape index (κ3) is 3.05. The summed E-state index contributed by atoms with van der Waals surface area (Å²) >= 11 is 0. The second kappa shape index (κ2) is 6.62. The molecule has 26 heavy (non-hydrogen) atoms. The summed E-state index contributed by atoms with van der Waals surface area (Å²) in [5.41, 5.74) is 4.18. The number of benzene rings is 1. The molecule has 1 aliphatic heterocycles. The molecule has 2 aromatic heterocycles. The number of terminal acetylenes is 1. The van der Waals surface area contributed by atoms with Crippen molar-refractivity contribution in [2.45, 2.75) is 0 Å². The van der Waals surface area contributed by atoms with E-state index in [1.165, 1.54) is 11.1 Å². The molecule has 1 saturated heterocycles. The van der Waals surface area contributed by atoms with E-state index in [-0.39, 0.29) is 5.91 Å². The van der Waals surface area contributed by atoms with Crippen LogP contribution in [-0.2, 0) is 0 Å². The molecule has 2 aromatic rings. The molecule has 130 valence electrons. The molecule has 1 amide bonds. The summed E-state index contributed by atoms with van der Waals surface area (Å²) in [7, 11) is 2.05. The Hall–Kier alpha value is -3.17. The minimum absolute atomic E-state index is 0.114. The lowest BCUT2D eigenvalue weighted by atomic mass is 10.2. The van der Waals surface area contributed by atoms with E-state index in [2.05, 4.69) is 45.2 Å². The maximum Gasteiger partial charge on any atom is 0.275 e. The van der Waals surface area contributed by atoms with Crippen LogP contribution in [0.1, 0.15) is 16.1 Å². The predicted molar refractivity (Wildman–Crippen MR) is 99.8 cm³/mol. The number of hydrogen-bond acceptors (Lipinski definition) is 4. The van der Waals surface area contributed by atoms with Gasteiger partial charge in [0, 0.05) is 38.6 Å². The Labute approximate surface area is 152 Å². The number of amides is 1. The Morgan fingerprint density at radius 1 is 1.15 bits per heavy atom. The molecule has 0 unspecified atom stereocenters. The van der Waals surface area contributed by atoms with Crippen LogP contribution in [0.15, 0.2) is 42.7 Å². The molecule has 5 rings (SSSR count). The highest BCUT2D eigenvalue weighted by atomic mass is 16.2. The minimum atomic E-state index is -0.114. The summed E-state index contributed by atoms with van der Waals surface area (Å²) in [5.74, 6) is 2.43. The summed E-state index contributed by atoms with van der Waals surface area (Å²) in [6.07, 6.45) is 8.91. The fourth-order valence-electron chi connectivity index (χ4n) is 3.00. The third-order valence-corrected chi connectivity index (χ3v) is 4.65. The van der Waals surface area contributed by atoms with Gasteiger partial charge in [-0.25, -0.2) is 9.50 Å². The van der Waals surface area contributed by atoms with Crippen molar-refractivity contribution >= 4 is 11.6 Å². The van der Waals surface area contributed by atoms with Crippen LogP contribution < -0.4 is 0 Å². The molecule has 6 heteroatoms. The van der Waals surface area contributed by atoms with Gasteiger partial charge in [0.2, 0.25) is 0 Å². The lowest BCUT2D eigenvalue weighted by Gasteiger charge is -2.31. The van der Waals surface area contributed by atoms with Crippen LogP contribution in [0.25, 0.3) is 16.8 Å². The molecule has 0 atom stereocenters. The number of rotatable bonds is 1. The number of hydrogen-bond donors (Lipinski definition) is 0. The fraction of sp³-hybridized carbons (Fsp3) is 0.250. The normalized spacial score (nSPS) is 15.2.